The van der Waals surface area contributed by atoms with E-state index in [1.165, 1.54) is 22.5 Å². The molecule has 4 rings (SSSR count). The van der Waals surface area contributed by atoms with Crippen molar-refractivity contribution in [1.29, 1.82) is 0 Å². The van der Waals surface area contributed by atoms with E-state index in [-0.39, 0.29) is 35.5 Å². The summed E-state index contributed by atoms with van der Waals surface area (Å²) in [5, 5.41) is 2.76. The summed E-state index contributed by atoms with van der Waals surface area (Å²) in [6.07, 6.45) is 2.89. The molecule has 2 aromatic rings. The predicted molar refractivity (Wildman–Crippen MR) is 142 cm³/mol. The summed E-state index contributed by atoms with van der Waals surface area (Å²) in [4.78, 5) is 60.0. The third kappa shape index (κ3) is 4.87. The van der Waals surface area contributed by atoms with Gasteiger partial charge in [-0.1, -0.05) is 43.9 Å². The van der Waals surface area contributed by atoms with Crippen LogP contribution in [0.15, 0.2) is 28.0 Å². The molecule has 1 N–H and O–H groups in total. The molecule has 4 heterocycles. The van der Waals surface area contributed by atoms with E-state index in [0.717, 1.165) is 17.3 Å². The molecule has 2 aliphatic rings. The number of thiocarbonyl (C=S) groups is 1. The maximum absolute atomic E-state index is 13.7. The van der Waals surface area contributed by atoms with Crippen molar-refractivity contribution >= 4 is 63.6 Å². The number of aryl methyl sites for hydroxylation is 1. The zero-order chi connectivity index (χ0) is 26.1. The van der Waals surface area contributed by atoms with Crippen molar-refractivity contribution in [1.82, 2.24) is 19.6 Å². The molecule has 190 valence electrons. The number of piperazine rings is 1. The average Bonchev–Trinajstić information content (AvgIpc) is 3.09. The van der Waals surface area contributed by atoms with Gasteiger partial charge in [0.05, 0.1) is 24.0 Å². The fourth-order valence-electron chi connectivity index (χ4n) is 4.21. The van der Waals surface area contributed by atoms with Gasteiger partial charge in [-0.05, 0) is 30.5 Å². The molecule has 2 amide bonds. The molecule has 10 nitrogen and oxygen atoms in total. The van der Waals surface area contributed by atoms with E-state index in [9.17, 15) is 19.2 Å². The topological polar surface area (TPSA) is 113 Å². The lowest BCUT2D eigenvalue weighted by molar-refractivity contribution is -0.143. The summed E-state index contributed by atoms with van der Waals surface area (Å²) >= 11 is 6.55. The molecule has 2 aliphatic heterocycles. The lowest BCUT2D eigenvalue weighted by Crippen LogP contribution is -2.57. The van der Waals surface area contributed by atoms with Crippen molar-refractivity contribution < 1.29 is 19.1 Å². The minimum Gasteiger partial charge on any atom is -0.469 e. The molecule has 0 aromatic carbocycles. The number of hydrogen-bond donors (Lipinski definition) is 1. The molecular formula is C24H27N5O5S2. The molecule has 36 heavy (non-hydrogen) atoms. The monoisotopic (exact) mass is 529 g/mol. The Hall–Kier alpha value is -3.25. The number of amides is 2. The van der Waals surface area contributed by atoms with Crippen molar-refractivity contribution in [3.63, 3.8) is 0 Å². The van der Waals surface area contributed by atoms with Gasteiger partial charge in [0.1, 0.15) is 21.8 Å². The van der Waals surface area contributed by atoms with Crippen molar-refractivity contribution in [2.75, 3.05) is 31.6 Å². The largest absolute Gasteiger partial charge is 0.469 e. The molecule has 0 spiro atoms. The third-order valence-electron chi connectivity index (χ3n) is 5.95. The fraction of sp³-hybridized carbons (Fsp3) is 0.417. The van der Waals surface area contributed by atoms with Crippen LogP contribution in [-0.4, -0.2) is 69.2 Å². The molecular weight excluding hydrogens is 502 g/mol. The molecule has 0 saturated carbocycles. The SMILES string of the molecule is COC(=O)C[C@H]1C(=O)NCCN1c1nc2c(C)cccn2c(=O)c1/C=C1\SC(=S)N(CC(C)C)C1=O. The fourth-order valence-corrected chi connectivity index (χ4v) is 5.47. The van der Waals surface area contributed by atoms with Gasteiger partial charge in [-0.3, -0.25) is 28.5 Å². The third-order valence-corrected chi connectivity index (χ3v) is 7.33. The van der Waals surface area contributed by atoms with Crippen molar-refractivity contribution in [3.05, 3.63) is 44.7 Å². The summed E-state index contributed by atoms with van der Waals surface area (Å²) in [7, 11) is 1.25. The molecule has 1 atom stereocenters. The highest BCUT2D eigenvalue weighted by Crippen LogP contribution is 2.34. The minimum absolute atomic E-state index is 0.146. The first-order valence-corrected chi connectivity index (χ1v) is 12.7. The molecule has 2 aromatic heterocycles. The van der Waals surface area contributed by atoms with Crippen LogP contribution in [0.5, 0.6) is 0 Å². The van der Waals surface area contributed by atoms with Gasteiger partial charge in [0.25, 0.3) is 11.5 Å². The van der Waals surface area contributed by atoms with Crippen LogP contribution in [0.3, 0.4) is 0 Å². The lowest BCUT2D eigenvalue weighted by Gasteiger charge is -2.36. The van der Waals surface area contributed by atoms with Crippen LogP contribution >= 0.6 is 24.0 Å². The van der Waals surface area contributed by atoms with E-state index in [4.69, 9.17) is 21.9 Å². The van der Waals surface area contributed by atoms with E-state index in [1.807, 2.05) is 26.8 Å². The second-order valence-corrected chi connectivity index (χ2v) is 10.7. The van der Waals surface area contributed by atoms with E-state index >= 15 is 0 Å². The van der Waals surface area contributed by atoms with Crippen molar-refractivity contribution in [2.24, 2.45) is 5.92 Å². The molecule has 2 saturated heterocycles. The van der Waals surface area contributed by atoms with Crippen molar-refractivity contribution in [3.8, 4) is 0 Å². The maximum atomic E-state index is 13.7. The van der Waals surface area contributed by atoms with Gasteiger partial charge in [0, 0.05) is 25.8 Å². The molecule has 12 heteroatoms. The Balaban J connectivity index is 1.90. The van der Waals surface area contributed by atoms with Gasteiger partial charge in [-0.2, -0.15) is 0 Å². The first-order valence-electron chi connectivity index (χ1n) is 11.5. The summed E-state index contributed by atoms with van der Waals surface area (Å²) in [6.45, 7) is 6.91. The summed E-state index contributed by atoms with van der Waals surface area (Å²) < 4.78 is 6.63. The van der Waals surface area contributed by atoms with Gasteiger partial charge in [-0.25, -0.2) is 4.98 Å². The van der Waals surface area contributed by atoms with Crippen LogP contribution in [0.1, 0.15) is 31.4 Å². The highest BCUT2D eigenvalue weighted by atomic mass is 32.2. The first kappa shape index (κ1) is 25.8. The van der Waals surface area contributed by atoms with Crippen LogP contribution in [0.25, 0.3) is 11.7 Å². The minimum atomic E-state index is -0.924. The molecule has 0 aliphatic carbocycles. The standard InChI is InChI=1S/C24H27N5O5S2/c1-13(2)12-29-23(33)17(36-24(29)35)10-15-20(26-19-14(3)6-5-8-28(19)22(15)32)27-9-7-25-21(31)16(27)11-18(30)34-4/h5-6,8,10,13,16H,7,9,11-12H2,1-4H3,(H,25,31)/b17-10-/t16-/m0/s1. The van der Waals surface area contributed by atoms with Crippen LogP contribution in [0.2, 0.25) is 0 Å². The number of carbonyl (C=O) groups excluding carboxylic acids is 3. The zero-order valence-corrected chi connectivity index (χ0v) is 22.1. The lowest BCUT2D eigenvalue weighted by atomic mass is 10.1. The molecule has 0 radical (unpaired) electrons. The number of ether oxygens (including phenoxy) is 1. The van der Waals surface area contributed by atoms with E-state index < -0.39 is 17.6 Å². The highest BCUT2D eigenvalue weighted by molar-refractivity contribution is 8.26. The number of hydrogen-bond acceptors (Lipinski definition) is 9. The Morgan fingerprint density at radius 1 is 1.36 bits per heavy atom. The summed E-state index contributed by atoms with van der Waals surface area (Å²) in [5.41, 5.74) is 0.935. The van der Waals surface area contributed by atoms with E-state index in [1.54, 1.807) is 17.2 Å². The Labute approximate surface area is 217 Å². The highest BCUT2D eigenvalue weighted by Gasteiger charge is 2.37. The quantitative estimate of drug-likeness (QED) is 0.340. The molecule has 0 bridgehead atoms. The molecule has 2 fully saturated rings. The smallest absolute Gasteiger partial charge is 0.308 e. The Kier molecular flexibility index (Phi) is 7.46. The Bertz CT molecular complexity index is 1350. The second-order valence-electron chi connectivity index (χ2n) is 9.01. The number of anilines is 1. The van der Waals surface area contributed by atoms with E-state index in [2.05, 4.69) is 5.32 Å². The van der Waals surface area contributed by atoms with Gasteiger partial charge < -0.3 is 15.0 Å². The number of thioether (sulfide) groups is 1. The van der Waals surface area contributed by atoms with Gasteiger partial charge >= 0.3 is 5.97 Å². The predicted octanol–water partition coefficient (Wildman–Crippen LogP) is 1.73. The number of aromatic nitrogens is 2. The number of nitrogens with zero attached hydrogens (tertiary/aromatic N) is 4. The second kappa shape index (κ2) is 10.4. The van der Waals surface area contributed by atoms with Gasteiger partial charge in [-0.15, -0.1) is 0 Å². The average molecular weight is 530 g/mol. The van der Waals surface area contributed by atoms with Gasteiger partial charge in [0.2, 0.25) is 5.91 Å². The molecule has 0 unspecified atom stereocenters. The van der Waals surface area contributed by atoms with Crippen molar-refractivity contribution in [2.45, 2.75) is 33.2 Å². The number of rotatable bonds is 6. The number of pyridine rings is 1. The Morgan fingerprint density at radius 2 is 2.11 bits per heavy atom. The number of nitrogens with one attached hydrogen (secondary N) is 1. The zero-order valence-electron chi connectivity index (χ0n) is 20.4. The summed E-state index contributed by atoms with van der Waals surface area (Å²) in [6, 6.07) is 2.65. The Morgan fingerprint density at radius 3 is 2.81 bits per heavy atom. The van der Waals surface area contributed by atoms with Crippen LogP contribution in [-0.2, 0) is 19.1 Å². The van der Waals surface area contributed by atoms with Gasteiger partial charge in [0.15, 0.2) is 0 Å². The number of fused-ring (bicyclic) bond motifs is 1. The first-order chi connectivity index (χ1) is 17.1. The number of carbonyl (C=O) groups is 3. The summed E-state index contributed by atoms with van der Waals surface area (Å²) in [5.74, 6) is -0.767. The van der Waals surface area contributed by atoms with Crippen LogP contribution in [0, 0.1) is 12.8 Å². The number of esters is 1. The normalized spacial score (nSPS) is 19.5. The maximum Gasteiger partial charge on any atom is 0.308 e. The van der Waals surface area contributed by atoms with Crippen LogP contribution < -0.4 is 15.8 Å². The number of methoxy groups -OCH3 is 1. The van der Waals surface area contributed by atoms with Crippen LogP contribution in [0.4, 0.5) is 5.82 Å². The van der Waals surface area contributed by atoms with E-state index in [0.29, 0.717) is 34.5 Å².